The van der Waals surface area contributed by atoms with Crippen LogP contribution in [0.3, 0.4) is 0 Å². The number of thioether (sulfide) groups is 1. The Morgan fingerprint density at radius 1 is 1.10 bits per heavy atom. The highest BCUT2D eigenvalue weighted by molar-refractivity contribution is 8.13. The van der Waals surface area contributed by atoms with E-state index in [0.29, 0.717) is 11.8 Å². The molecule has 0 aliphatic heterocycles. The van der Waals surface area contributed by atoms with Crippen LogP contribution in [0.1, 0.15) is 26.7 Å². The van der Waals surface area contributed by atoms with Gasteiger partial charge in [-0.25, -0.2) is 19.4 Å². The number of rotatable bonds is 12. The van der Waals surface area contributed by atoms with Crippen molar-refractivity contribution in [2.45, 2.75) is 44.9 Å². The number of carbonyl (C=O) groups is 7. The Morgan fingerprint density at radius 2 is 1.71 bits per heavy atom. The van der Waals surface area contributed by atoms with Crippen LogP contribution in [0.5, 0.6) is 0 Å². The summed E-state index contributed by atoms with van der Waals surface area (Å²) >= 11 is 0.551. The Morgan fingerprint density at radius 3 is 2.23 bits per heavy atom. The van der Waals surface area contributed by atoms with Crippen molar-refractivity contribution in [3.63, 3.8) is 0 Å². The molecule has 3 atom stereocenters. The number of Topliss-reactive ketones (excluding diaryl/α,β-unsaturated/α-hetero) is 1. The molecule has 0 aromatic rings. The van der Waals surface area contributed by atoms with Crippen molar-refractivity contribution in [2.24, 2.45) is 5.73 Å². The van der Waals surface area contributed by atoms with Crippen LogP contribution in [-0.4, -0.2) is 81.3 Å². The number of hydrogen-bond acceptors (Lipinski definition) is 12. The first-order valence-electron chi connectivity index (χ1n) is 8.67. The second-order valence-electron chi connectivity index (χ2n) is 6.01. The van der Waals surface area contributed by atoms with Gasteiger partial charge in [0.15, 0.2) is 0 Å². The Bertz CT molecular complexity index is 726. The smallest absolute Gasteiger partial charge is 0.421 e. The molecule has 174 valence electrons. The molecule has 0 heterocycles. The van der Waals surface area contributed by atoms with E-state index in [2.05, 4.69) is 15.1 Å². The minimum absolute atomic E-state index is 0.296. The van der Waals surface area contributed by atoms with Gasteiger partial charge in [-0.15, -0.1) is 0 Å². The molecule has 2 amide bonds. The number of aliphatic carboxylic acids is 1. The maximum atomic E-state index is 12.1. The molecule has 0 saturated heterocycles. The van der Waals surface area contributed by atoms with Crippen LogP contribution in [0.4, 0.5) is 0 Å². The highest BCUT2D eigenvalue weighted by Gasteiger charge is 2.25. The number of hydrogen-bond donors (Lipinski definition) is 5. The van der Waals surface area contributed by atoms with Gasteiger partial charge in [0.1, 0.15) is 24.7 Å². The van der Waals surface area contributed by atoms with Crippen molar-refractivity contribution in [2.75, 3.05) is 12.3 Å². The first kappa shape index (κ1) is 28.0. The number of carboxylic acid groups (broad SMARTS) is 1. The summed E-state index contributed by atoms with van der Waals surface area (Å²) in [5, 5.41) is 21.4. The molecule has 3 unspecified atom stereocenters. The van der Waals surface area contributed by atoms with Gasteiger partial charge in [0.25, 0.3) is 0 Å². The second-order valence-corrected chi connectivity index (χ2v) is 7.04. The van der Waals surface area contributed by atoms with E-state index in [4.69, 9.17) is 10.8 Å². The van der Waals surface area contributed by atoms with Crippen molar-refractivity contribution < 1.29 is 53.5 Å². The van der Waals surface area contributed by atoms with E-state index >= 15 is 0 Å². The van der Waals surface area contributed by atoms with Crippen LogP contribution in [0.2, 0.25) is 0 Å². The fourth-order valence-electron chi connectivity index (χ4n) is 1.63. The van der Waals surface area contributed by atoms with Crippen molar-refractivity contribution in [3.8, 4) is 0 Å². The van der Waals surface area contributed by atoms with Crippen molar-refractivity contribution in [1.29, 1.82) is 0 Å². The maximum Gasteiger partial charge on any atom is 0.421 e. The molecule has 0 aliphatic carbocycles. The zero-order valence-corrected chi connectivity index (χ0v) is 17.4. The summed E-state index contributed by atoms with van der Waals surface area (Å²) in [6.07, 6.45) is -2.01. The lowest BCUT2D eigenvalue weighted by Crippen LogP contribution is -2.49. The van der Waals surface area contributed by atoms with Gasteiger partial charge in [-0.1, -0.05) is 11.8 Å². The van der Waals surface area contributed by atoms with Gasteiger partial charge >= 0.3 is 17.9 Å². The number of nitrogens with one attached hydrogen (secondary N) is 2. The number of carbonyl (C=O) groups excluding carboxylic acids is 6. The van der Waals surface area contributed by atoms with E-state index in [9.17, 15) is 38.7 Å². The van der Waals surface area contributed by atoms with Gasteiger partial charge in [-0.3, -0.25) is 24.0 Å². The third-order valence-corrected chi connectivity index (χ3v) is 4.40. The second kappa shape index (κ2) is 14.1. The van der Waals surface area contributed by atoms with Gasteiger partial charge < -0.3 is 26.6 Å². The third kappa shape index (κ3) is 12.3. The lowest BCUT2D eigenvalue weighted by atomic mass is 10.1. The van der Waals surface area contributed by atoms with Gasteiger partial charge in [0.05, 0.1) is 0 Å². The number of amides is 2. The summed E-state index contributed by atoms with van der Waals surface area (Å²) in [5.41, 5.74) is 5.48. The molecule has 0 aliphatic rings. The predicted octanol–water partition coefficient (Wildman–Crippen LogP) is -2.99. The van der Waals surface area contributed by atoms with Crippen molar-refractivity contribution in [1.82, 2.24) is 10.6 Å². The molecule has 0 rings (SSSR count). The van der Waals surface area contributed by atoms with Crippen LogP contribution in [0, 0.1) is 0 Å². The van der Waals surface area contributed by atoms with Gasteiger partial charge in [-0.2, -0.15) is 0 Å². The minimum atomic E-state index is -1.42. The average Bonchev–Trinajstić information content (AvgIpc) is 2.70. The fourth-order valence-corrected chi connectivity index (χ4v) is 2.43. The molecular weight excluding hydrogens is 442 g/mol. The molecule has 0 fully saturated rings. The number of carboxylic acids is 1. The number of ketones is 1. The molecule has 0 radical (unpaired) electrons. The van der Waals surface area contributed by atoms with E-state index in [1.807, 2.05) is 5.32 Å². The van der Waals surface area contributed by atoms with E-state index in [1.165, 1.54) is 6.92 Å². The molecule has 31 heavy (non-hydrogen) atoms. The van der Waals surface area contributed by atoms with Crippen LogP contribution in [0.25, 0.3) is 0 Å². The van der Waals surface area contributed by atoms with E-state index < -0.39 is 71.8 Å². The first-order chi connectivity index (χ1) is 14.3. The normalized spacial score (nSPS) is 13.2. The summed E-state index contributed by atoms with van der Waals surface area (Å²) < 4.78 is 0. The van der Waals surface area contributed by atoms with Gasteiger partial charge in [0.2, 0.25) is 22.7 Å². The van der Waals surface area contributed by atoms with Crippen LogP contribution in [-0.2, 0) is 43.3 Å². The summed E-state index contributed by atoms with van der Waals surface area (Å²) in [4.78, 5) is 87.3. The van der Waals surface area contributed by atoms with E-state index in [0.717, 1.165) is 6.92 Å². The monoisotopic (exact) mass is 465 g/mol. The third-order valence-electron chi connectivity index (χ3n) is 3.27. The largest absolute Gasteiger partial charge is 0.480 e. The Kier molecular flexibility index (Phi) is 12.7. The predicted molar refractivity (Wildman–Crippen MR) is 102 cm³/mol. The molecule has 0 bridgehead atoms. The van der Waals surface area contributed by atoms with Crippen LogP contribution >= 0.6 is 11.8 Å². The maximum absolute atomic E-state index is 12.1. The van der Waals surface area contributed by atoms with Crippen LogP contribution < -0.4 is 16.4 Å². The number of aliphatic hydroxyl groups is 1. The summed E-state index contributed by atoms with van der Waals surface area (Å²) in [6, 6.07) is -2.73. The van der Waals surface area contributed by atoms with E-state index in [-0.39, 0.29) is 12.2 Å². The molecule has 0 aromatic carbocycles. The Hall–Kier alpha value is -3.04. The summed E-state index contributed by atoms with van der Waals surface area (Å²) in [5.74, 6) is -6.95. The molecule has 0 spiro atoms. The average molecular weight is 465 g/mol. The Balaban J connectivity index is 4.74. The van der Waals surface area contributed by atoms with Crippen molar-refractivity contribution in [3.05, 3.63) is 0 Å². The molecule has 14 nitrogen and oxygen atoms in total. The fraction of sp³-hybridized carbons (Fsp3) is 0.562. The van der Waals surface area contributed by atoms with E-state index in [1.54, 1.807) is 0 Å². The zero-order valence-electron chi connectivity index (χ0n) is 16.6. The molecular formula is C16H23N3O11S. The topological polar surface area (TPSA) is 228 Å². The molecule has 0 aromatic heterocycles. The van der Waals surface area contributed by atoms with Crippen molar-refractivity contribution >= 4 is 52.4 Å². The zero-order chi connectivity index (χ0) is 24.1. The highest BCUT2D eigenvalue weighted by Crippen LogP contribution is 2.09. The number of aliphatic hydroxyl groups excluding tert-OH is 1. The molecule has 6 N–H and O–H groups in total. The first-order valence-corrected chi connectivity index (χ1v) is 9.66. The molecule has 15 heteroatoms. The minimum Gasteiger partial charge on any atom is -0.480 e. The summed E-state index contributed by atoms with van der Waals surface area (Å²) in [7, 11) is 0. The Labute approximate surface area is 180 Å². The van der Waals surface area contributed by atoms with Gasteiger partial charge in [0, 0.05) is 19.1 Å². The SMILES string of the molecule is CC(=O)C(=O)OOC(=O)C(N)CCC(=O)NC(CSC(=O)C(C)O)C(=O)NCC(=O)O. The van der Waals surface area contributed by atoms with Crippen LogP contribution in [0.15, 0.2) is 0 Å². The number of nitrogens with two attached hydrogens (primary N) is 1. The standard InChI is InChI=1S/C16H23N3O11S/c1-7(20)14(26)29-30-15(27)9(17)3-4-11(22)19-10(6-31-16(28)8(2)21)13(25)18-5-12(23)24/h8-10,21H,3-6,17H2,1-2H3,(H,18,25)(H,19,22)(H,23,24). The summed E-state index contributed by atoms with van der Waals surface area (Å²) in [6.45, 7) is 1.37. The van der Waals surface area contributed by atoms with Gasteiger partial charge in [-0.05, 0) is 13.3 Å². The lowest BCUT2D eigenvalue weighted by molar-refractivity contribution is -0.257. The highest BCUT2D eigenvalue weighted by atomic mass is 32.2. The quantitative estimate of drug-likeness (QED) is 0.110. The molecule has 0 saturated carbocycles. The lowest BCUT2D eigenvalue weighted by Gasteiger charge is -2.18.